The first-order chi connectivity index (χ1) is 16.4. The van der Waals surface area contributed by atoms with Crippen molar-refractivity contribution in [2.75, 3.05) is 26.2 Å². The maximum Gasteiger partial charge on any atom is 0.402 e. The SMILES string of the molecule is CC[N+](CC)(CC)CC.O=S(=O)([O-])C(F)(F)C(F)(F)C(F)(F)C(F)(F)C(F)CCCCCCC(F)(F)F. The van der Waals surface area contributed by atoms with E-state index in [9.17, 15) is 65.7 Å². The van der Waals surface area contributed by atoms with E-state index in [2.05, 4.69) is 27.7 Å². The van der Waals surface area contributed by atoms with Crippen molar-refractivity contribution in [1.82, 2.24) is 0 Å². The first-order valence-corrected chi connectivity index (χ1v) is 12.8. The molecule has 0 spiro atoms. The molecule has 0 N–H and O–H groups in total. The molecule has 0 rings (SSSR count). The fourth-order valence-corrected chi connectivity index (χ4v) is 3.71. The van der Waals surface area contributed by atoms with Crippen molar-refractivity contribution in [3.8, 4) is 0 Å². The highest BCUT2D eigenvalue weighted by Gasteiger charge is 2.84. The maximum atomic E-state index is 13.4. The molecule has 0 aliphatic heterocycles. The first kappa shape index (κ1) is 38.2. The van der Waals surface area contributed by atoms with Crippen molar-refractivity contribution >= 4 is 10.1 Å². The largest absolute Gasteiger partial charge is 0.743 e. The first-order valence-electron chi connectivity index (χ1n) is 11.4. The molecule has 226 valence electrons. The van der Waals surface area contributed by atoms with E-state index in [1.165, 1.54) is 30.7 Å². The number of hydrogen-bond acceptors (Lipinski definition) is 3. The predicted molar refractivity (Wildman–Crippen MR) is 111 cm³/mol. The third-order valence-corrected chi connectivity index (χ3v) is 7.12. The quantitative estimate of drug-likeness (QED) is 0.0875. The van der Waals surface area contributed by atoms with Crippen molar-refractivity contribution in [3.63, 3.8) is 0 Å². The third-order valence-electron chi connectivity index (χ3n) is 6.24. The van der Waals surface area contributed by atoms with Crippen LogP contribution in [0.15, 0.2) is 0 Å². The summed E-state index contributed by atoms with van der Waals surface area (Å²) >= 11 is 0. The number of quaternary nitrogens is 1. The van der Waals surface area contributed by atoms with Gasteiger partial charge in [-0.1, -0.05) is 19.3 Å². The van der Waals surface area contributed by atoms with Crippen LogP contribution in [-0.2, 0) is 10.1 Å². The zero-order chi connectivity index (χ0) is 30.1. The number of hydrogen-bond donors (Lipinski definition) is 0. The van der Waals surface area contributed by atoms with Gasteiger partial charge in [0.05, 0.1) is 26.2 Å². The lowest BCUT2D eigenvalue weighted by atomic mass is 9.96. The Morgan fingerprint density at radius 1 is 0.676 bits per heavy atom. The third kappa shape index (κ3) is 9.62. The minimum absolute atomic E-state index is 0.309. The molecule has 0 amide bonds. The summed E-state index contributed by atoms with van der Waals surface area (Å²) in [5.74, 6) is -21.3. The van der Waals surface area contributed by atoms with Crippen molar-refractivity contribution in [1.29, 1.82) is 0 Å². The molecule has 0 aliphatic carbocycles. The van der Waals surface area contributed by atoms with Gasteiger partial charge in [0.15, 0.2) is 16.3 Å². The number of alkyl halides is 12. The smallest absolute Gasteiger partial charge is 0.402 e. The molecule has 1 unspecified atom stereocenters. The molecule has 0 aromatic heterocycles. The number of rotatable bonds is 15. The lowest BCUT2D eigenvalue weighted by Crippen LogP contribution is -2.66. The number of unbranched alkanes of at least 4 members (excludes halogenated alkanes) is 3. The van der Waals surface area contributed by atoms with Crippen LogP contribution in [0.4, 0.5) is 52.7 Å². The van der Waals surface area contributed by atoms with E-state index >= 15 is 0 Å². The Kier molecular flexibility index (Phi) is 14.3. The fraction of sp³-hybridized carbons (Fsp3) is 1.00. The van der Waals surface area contributed by atoms with Gasteiger partial charge in [-0.15, -0.1) is 0 Å². The van der Waals surface area contributed by atoms with Gasteiger partial charge in [-0.25, -0.2) is 12.8 Å². The van der Waals surface area contributed by atoms with E-state index in [-0.39, 0.29) is 6.42 Å². The van der Waals surface area contributed by atoms with Gasteiger partial charge in [-0.3, -0.25) is 0 Å². The van der Waals surface area contributed by atoms with Gasteiger partial charge in [0.25, 0.3) is 0 Å². The van der Waals surface area contributed by atoms with Crippen molar-refractivity contribution in [2.45, 2.75) is 102 Å². The Morgan fingerprint density at radius 2 is 1.05 bits per heavy atom. The summed E-state index contributed by atoms with van der Waals surface area (Å²) in [6.45, 7) is 14.2. The van der Waals surface area contributed by atoms with Gasteiger partial charge in [0, 0.05) is 6.42 Å². The molecule has 37 heavy (non-hydrogen) atoms. The molecule has 0 heterocycles. The van der Waals surface area contributed by atoms with E-state index in [4.69, 9.17) is 0 Å². The van der Waals surface area contributed by atoms with Crippen LogP contribution in [0.3, 0.4) is 0 Å². The minimum atomic E-state index is -7.53. The van der Waals surface area contributed by atoms with Gasteiger partial charge >= 0.3 is 29.2 Å². The average molecular weight is 596 g/mol. The molecule has 0 bridgehead atoms. The van der Waals surface area contributed by atoms with Gasteiger partial charge in [-0.05, 0) is 40.5 Å². The Bertz CT molecular complexity index is 752. The molecule has 0 aromatic carbocycles. The maximum absolute atomic E-state index is 13.4. The Labute approximate surface area is 208 Å². The standard InChI is InChI=1S/C12H14F12O3S.C8H20N/c13-7(5-3-1-2-4-6-8(14,15)16)9(17,18)10(19,20)11(21,22)12(23,24)28(25,26)27;1-5-9(6-2,7-3)8-4/h7H,1-6H2,(H,25,26,27);5-8H2,1-4H3/q;+1/p-1. The zero-order valence-electron chi connectivity index (χ0n) is 20.8. The van der Waals surface area contributed by atoms with Gasteiger partial charge in [0.1, 0.15) is 0 Å². The number of nitrogens with zero attached hydrogens (tertiary/aromatic N) is 1. The van der Waals surface area contributed by atoms with Gasteiger partial charge < -0.3 is 9.04 Å². The van der Waals surface area contributed by atoms with Gasteiger partial charge in [-0.2, -0.15) is 48.3 Å². The van der Waals surface area contributed by atoms with Crippen LogP contribution < -0.4 is 0 Å². The van der Waals surface area contributed by atoms with Crippen LogP contribution in [0.5, 0.6) is 0 Å². The van der Waals surface area contributed by atoms with Crippen LogP contribution in [0.25, 0.3) is 0 Å². The monoisotopic (exact) mass is 595 g/mol. The molecule has 0 aromatic rings. The van der Waals surface area contributed by atoms with E-state index in [0.717, 1.165) is 0 Å². The second kappa shape index (κ2) is 13.9. The summed E-state index contributed by atoms with van der Waals surface area (Å²) < 4.78 is 185. The van der Waals surface area contributed by atoms with Crippen molar-refractivity contribution in [3.05, 3.63) is 0 Å². The molecular weight excluding hydrogens is 562 g/mol. The Morgan fingerprint density at radius 3 is 1.35 bits per heavy atom. The molecule has 0 radical (unpaired) electrons. The van der Waals surface area contributed by atoms with Crippen LogP contribution in [-0.4, -0.2) is 79.0 Å². The number of halogens is 12. The highest BCUT2D eigenvalue weighted by molar-refractivity contribution is 7.86. The minimum Gasteiger partial charge on any atom is -0.743 e. The summed E-state index contributed by atoms with van der Waals surface area (Å²) in [7, 11) is -7.53. The van der Waals surface area contributed by atoms with E-state index in [1.54, 1.807) is 0 Å². The second-order valence-electron chi connectivity index (χ2n) is 8.38. The average Bonchev–Trinajstić information content (AvgIpc) is 2.76. The molecule has 17 heteroatoms. The van der Waals surface area contributed by atoms with E-state index in [1.807, 2.05) is 0 Å². The molecule has 0 fully saturated rings. The lowest BCUT2D eigenvalue weighted by Gasteiger charge is -2.38. The summed E-state index contributed by atoms with van der Waals surface area (Å²) in [5, 5.41) is -7.18. The van der Waals surface area contributed by atoms with E-state index < -0.39 is 77.6 Å². The highest BCUT2D eigenvalue weighted by atomic mass is 32.2. The van der Waals surface area contributed by atoms with Crippen LogP contribution in [0.2, 0.25) is 0 Å². The molecule has 0 aliphatic rings. The summed E-state index contributed by atoms with van der Waals surface area (Å²) in [6, 6.07) is 0. The predicted octanol–water partition coefficient (Wildman–Crippen LogP) is 7.15. The normalized spacial score (nSPS) is 15.3. The Hall–Kier alpha value is -0.970. The molecular formula is C20H33F12NO3S. The molecule has 4 nitrogen and oxygen atoms in total. The fourth-order valence-electron chi connectivity index (χ4n) is 3.27. The summed E-state index contributed by atoms with van der Waals surface area (Å²) in [5.41, 5.74) is 0. The molecule has 1 atom stereocenters. The summed E-state index contributed by atoms with van der Waals surface area (Å²) in [6.07, 6.45) is -13.6. The van der Waals surface area contributed by atoms with E-state index in [0.29, 0.717) is 0 Å². The molecule has 0 saturated carbocycles. The van der Waals surface area contributed by atoms with Crippen LogP contribution >= 0.6 is 0 Å². The highest BCUT2D eigenvalue weighted by Crippen LogP contribution is 2.55. The Balaban J connectivity index is 0. The van der Waals surface area contributed by atoms with Crippen molar-refractivity contribution in [2.24, 2.45) is 0 Å². The van der Waals surface area contributed by atoms with Crippen molar-refractivity contribution < 1.29 is 70.1 Å². The van der Waals surface area contributed by atoms with Gasteiger partial charge in [0.2, 0.25) is 0 Å². The van der Waals surface area contributed by atoms with Crippen LogP contribution in [0.1, 0.15) is 66.2 Å². The summed E-state index contributed by atoms with van der Waals surface area (Å²) in [4.78, 5) is 0. The molecule has 0 saturated heterocycles. The lowest BCUT2D eigenvalue weighted by molar-refractivity contribution is -0.921. The van der Waals surface area contributed by atoms with Crippen LogP contribution in [0, 0.1) is 0 Å². The topological polar surface area (TPSA) is 57.2 Å². The zero-order valence-corrected chi connectivity index (χ0v) is 21.6. The second-order valence-corrected chi connectivity index (χ2v) is 9.81.